The highest BCUT2D eigenvalue weighted by atomic mass is 19.4. The summed E-state index contributed by atoms with van der Waals surface area (Å²) >= 11 is 0. The van der Waals surface area contributed by atoms with Crippen molar-refractivity contribution in [2.75, 3.05) is 5.32 Å². The van der Waals surface area contributed by atoms with Crippen LogP contribution in [0.25, 0.3) is 11.4 Å². The number of rotatable bonds is 5. The summed E-state index contributed by atoms with van der Waals surface area (Å²) in [6, 6.07) is 20.8. The van der Waals surface area contributed by atoms with Crippen molar-refractivity contribution in [3.63, 3.8) is 0 Å². The third kappa shape index (κ3) is 4.95. The lowest BCUT2D eigenvalue weighted by molar-refractivity contribution is -0.137. The van der Waals surface area contributed by atoms with Gasteiger partial charge in [-0.05, 0) is 47.2 Å². The van der Waals surface area contributed by atoms with Crippen LogP contribution in [-0.2, 0) is 12.7 Å². The first-order chi connectivity index (χ1) is 14.9. The molecule has 1 amide bonds. The maximum atomic E-state index is 12.9. The number of halogens is 3. The quantitative estimate of drug-likeness (QED) is 0.507. The van der Waals surface area contributed by atoms with E-state index in [1.165, 1.54) is 16.9 Å². The predicted octanol–water partition coefficient (Wildman–Crippen LogP) is 4.66. The highest BCUT2D eigenvalue weighted by Gasteiger charge is 2.30. The molecule has 1 heterocycles. The maximum absolute atomic E-state index is 12.9. The molecule has 4 rings (SSSR count). The highest BCUT2D eigenvalue weighted by molar-refractivity contribution is 6.04. The Morgan fingerprint density at radius 3 is 2.39 bits per heavy atom. The summed E-state index contributed by atoms with van der Waals surface area (Å²) in [5, 5.41) is 14.7. The van der Waals surface area contributed by atoms with E-state index in [-0.39, 0.29) is 23.8 Å². The van der Waals surface area contributed by atoms with Gasteiger partial charge in [-0.25, -0.2) is 0 Å². The molecule has 0 saturated carbocycles. The molecular formula is C22H16F3N5O. The van der Waals surface area contributed by atoms with Gasteiger partial charge in [-0.15, -0.1) is 10.2 Å². The molecule has 156 valence electrons. The van der Waals surface area contributed by atoms with Crippen molar-refractivity contribution in [3.05, 3.63) is 95.6 Å². The fourth-order valence-electron chi connectivity index (χ4n) is 2.91. The number of hydrogen-bond acceptors (Lipinski definition) is 4. The summed E-state index contributed by atoms with van der Waals surface area (Å²) < 4.78 is 38.7. The first-order valence-corrected chi connectivity index (χ1v) is 9.29. The Hall–Kier alpha value is -4.01. The molecule has 0 atom stereocenters. The number of nitrogens with one attached hydrogen (secondary N) is 1. The number of tetrazole rings is 1. The van der Waals surface area contributed by atoms with E-state index in [9.17, 15) is 18.0 Å². The molecular weight excluding hydrogens is 407 g/mol. The van der Waals surface area contributed by atoms with E-state index in [1.54, 1.807) is 36.4 Å². The van der Waals surface area contributed by atoms with Crippen molar-refractivity contribution < 1.29 is 18.0 Å². The van der Waals surface area contributed by atoms with E-state index in [2.05, 4.69) is 20.7 Å². The maximum Gasteiger partial charge on any atom is 0.416 e. The van der Waals surface area contributed by atoms with Crippen LogP contribution in [-0.4, -0.2) is 26.1 Å². The van der Waals surface area contributed by atoms with Crippen LogP contribution in [0.15, 0.2) is 78.9 Å². The Kier molecular flexibility index (Phi) is 5.48. The smallest absolute Gasteiger partial charge is 0.322 e. The lowest BCUT2D eigenvalue weighted by Gasteiger charge is -2.06. The zero-order chi connectivity index (χ0) is 21.8. The molecule has 0 unspecified atom stereocenters. The Balaban J connectivity index is 1.44. The molecule has 31 heavy (non-hydrogen) atoms. The van der Waals surface area contributed by atoms with Crippen LogP contribution in [0.5, 0.6) is 0 Å². The highest BCUT2D eigenvalue weighted by Crippen LogP contribution is 2.31. The summed E-state index contributed by atoms with van der Waals surface area (Å²) in [5.74, 6) is -0.131. The van der Waals surface area contributed by atoms with Gasteiger partial charge in [-0.1, -0.05) is 42.5 Å². The molecule has 1 N–H and O–H groups in total. The van der Waals surface area contributed by atoms with E-state index in [0.717, 1.165) is 17.7 Å². The van der Waals surface area contributed by atoms with Crippen LogP contribution in [0, 0.1) is 0 Å². The number of anilines is 1. The average molecular weight is 423 g/mol. The van der Waals surface area contributed by atoms with Gasteiger partial charge in [0.1, 0.15) is 0 Å². The fraction of sp³-hybridized carbons (Fsp3) is 0.0909. The fourth-order valence-corrected chi connectivity index (χ4v) is 2.91. The molecule has 0 aliphatic heterocycles. The van der Waals surface area contributed by atoms with E-state index >= 15 is 0 Å². The van der Waals surface area contributed by atoms with Crippen LogP contribution in [0.2, 0.25) is 0 Å². The lowest BCUT2D eigenvalue weighted by atomic mass is 10.1. The van der Waals surface area contributed by atoms with E-state index in [0.29, 0.717) is 11.3 Å². The number of nitrogens with zero attached hydrogens (tertiary/aromatic N) is 4. The monoisotopic (exact) mass is 423 g/mol. The molecule has 0 aliphatic carbocycles. The molecule has 9 heteroatoms. The van der Waals surface area contributed by atoms with Gasteiger partial charge in [0, 0.05) is 16.8 Å². The Morgan fingerprint density at radius 1 is 0.935 bits per heavy atom. The summed E-state index contributed by atoms with van der Waals surface area (Å²) in [4.78, 5) is 13.6. The number of carbonyl (C=O) groups is 1. The van der Waals surface area contributed by atoms with Crippen molar-refractivity contribution in [1.29, 1.82) is 0 Å². The third-order valence-corrected chi connectivity index (χ3v) is 4.47. The van der Waals surface area contributed by atoms with Crippen molar-refractivity contribution in [2.24, 2.45) is 0 Å². The van der Waals surface area contributed by atoms with Gasteiger partial charge in [-0.3, -0.25) is 4.79 Å². The lowest BCUT2D eigenvalue weighted by Crippen LogP contribution is -2.12. The first-order valence-electron chi connectivity index (χ1n) is 9.29. The van der Waals surface area contributed by atoms with Gasteiger partial charge < -0.3 is 5.32 Å². The van der Waals surface area contributed by atoms with E-state index in [1.807, 2.05) is 18.2 Å². The van der Waals surface area contributed by atoms with Crippen LogP contribution in [0.4, 0.5) is 18.9 Å². The van der Waals surface area contributed by atoms with Crippen molar-refractivity contribution >= 4 is 11.6 Å². The van der Waals surface area contributed by atoms with Crippen LogP contribution >= 0.6 is 0 Å². The van der Waals surface area contributed by atoms with Crippen LogP contribution in [0.3, 0.4) is 0 Å². The summed E-state index contributed by atoms with van der Waals surface area (Å²) in [5.41, 5.74) is 1.46. The minimum Gasteiger partial charge on any atom is -0.322 e. The van der Waals surface area contributed by atoms with E-state index in [4.69, 9.17) is 0 Å². The van der Waals surface area contributed by atoms with Gasteiger partial charge >= 0.3 is 6.18 Å². The number of hydrogen-bond donors (Lipinski definition) is 1. The predicted molar refractivity (Wildman–Crippen MR) is 108 cm³/mol. The van der Waals surface area contributed by atoms with E-state index < -0.39 is 11.7 Å². The van der Waals surface area contributed by atoms with Gasteiger partial charge in [0.15, 0.2) is 0 Å². The number of amides is 1. The van der Waals surface area contributed by atoms with Crippen molar-refractivity contribution in [2.45, 2.75) is 12.7 Å². The second-order valence-electron chi connectivity index (χ2n) is 6.74. The zero-order valence-corrected chi connectivity index (χ0v) is 16.0. The number of aromatic nitrogens is 4. The summed E-state index contributed by atoms with van der Waals surface area (Å²) in [6.45, 7) is 0.256. The zero-order valence-electron chi connectivity index (χ0n) is 16.0. The van der Waals surface area contributed by atoms with Crippen molar-refractivity contribution in [3.8, 4) is 11.4 Å². The van der Waals surface area contributed by atoms with Crippen molar-refractivity contribution in [1.82, 2.24) is 20.2 Å². The topological polar surface area (TPSA) is 72.7 Å². The molecule has 0 aliphatic rings. The van der Waals surface area contributed by atoms with Gasteiger partial charge in [-0.2, -0.15) is 18.0 Å². The normalized spacial score (nSPS) is 11.3. The molecule has 1 aromatic heterocycles. The molecule has 3 aromatic carbocycles. The third-order valence-electron chi connectivity index (χ3n) is 4.47. The minimum atomic E-state index is -4.44. The Bertz CT molecular complexity index is 1190. The number of carbonyl (C=O) groups excluding carboxylic acids is 1. The minimum absolute atomic E-state index is 0.102. The Morgan fingerprint density at radius 2 is 1.68 bits per heavy atom. The molecule has 0 bridgehead atoms. The second-order valence-corrected chi connectivity index (χ2v) is 6.74. The molecule has 0 spiro atoms. The van der Waals surface area contributed by atoms with Crippen LogP contribution in [0.1, 0.15) is 21.5 Å². The Labute approximate surface area is 175 Å². The molecule has 0 radical (unpaired) electrons. The first kappa shape index (κ1) is 20.3. The SMILES string of the molecule is O=C(Nc1ccccc1)c1ccc(Cn2nnc(-c3cccc(C(F)(F)F)c3)n2)cc1. The standard InChI is InChI=1S/C22H16F3N5O/c23-22(24,25)18-6-4-5-17(13-18)20-27-29-30(28-20)14-15-9-11-16(12-10-15)21(31)26-19-7-2-1-3-8-19/h1-13H,14H2,(H,26,31). The summed E-state index contributed by atoms with van der Waals surface area (Å²) in [6.07, 6.45) is -4.44. The largest absolute Gasteiger partial charge is 0.416 e. The van der Waals surface area contributed by atoms with Gasteiger partial charge in [0.05, 0.1) is 12.1 Å². The summed E-state index contributed by atoms with van der Waals surface area (Å²) in [7, 11) is 0. The second kappa shape index (κ2) is 8.39. The number of para-hydroxylation sites is 1. The van der Waals surface area contributed by atoms with Gasteiger partial charge in [0.25, 0.3) is 5.91 Å². The molecule has 0 fully saturated rings. The molecule has 6 nitrogen and oxygen atoms in total. The van der Waals surface area contributed by atoms with Crippen LogP contribution < -0.4 is 5.32 Å². The molecule has 0 saturated heterocycles. The number of benzene rings is 3. The van der Waals surface area contributed by atoms with Gasteiger partial charge in [0.2, 0.25) is 5.82 Å². The number of alkyl halides is 3. The molecule has 4 aromatic rings. The average Bonchev–Trinajstić information content (AvgIpc) is 3.23.